The first-order valence-electron chi connectivity index (χ1n) is 6.81. The first-order chi connectivity index (χ1) is 10.6. The van der Waals surface area contributed by atoms with E-state index in [1.165, 1.54) is 0 Å². The summed E-state index contributed by atoms with van der Waals surface area (Å²) >= 11 is 0. The van der Waals surface area contributed by atoms with E-state index >= 15 is 0 Å². The Bertz CT molecular complexity index is 725. The zero-order valence-electron chi connectivity index (χ0n) is 12.6. The van der Waals surface area contributed by atoms with Gasteiger partial charge >= 0.3 is 29.6 Å². The summed E-state index contributed by atoms with van der Waals surface area (Å²) in [6, 6.07) is 14.2. The van der Waals surface area contributed by atoms with Crippen molar-refractivity contribution in [2.75, 3.05) is 0 Å². The number of benzene rings is 2. The summed E-state index contributed by atoms with van der Waals surface area (Å²) in [6.45, 7) is 0. The summed E-state index contributed by atoms with van der Waals surface area (Å²) in [6.07, 6.45) is -0.435. The van der Waals surface area contributed by atoms with E-state index in [1.54, 1.807) is 54.6 Å². The Labute approximate surface area is 155 Å². The number of carboxylic acid groups (broad SMARTS) is 1. The fraction of sp³-hybridized carbons (Fsp3) is 0.118. The van der Waals surface area contributed by atoms with Crippen molar-refractivity contribution in [3.63, 3.8) is 0 Å². The Balaban J connectivity index is 0.00000192. The maximum absolute atomic E-state index is 12.5. The van der Waals surface area contributed by atoms with E-state index in [0.29, 0.717) is 16.7 Å². The van der Waals surface area contributed by atoms with Crippen molar-refractivity contribution in [3.05, 3.63) is 71.3 Å². The summed E-state index contributed by atoms with van der Waals surface area (Å²) in [7, 11) is 0. The van der Waals surface area contributed by atoms with Gasteiger partial charge in [-0.2, -0.15) is 0 Å². The van der Waals surface area contributed by atoms with Crippen LogP contribution in [-0.2, 0) is 4.79 Å². The van der Waals surface area contributed by atoms with Crippen LogP contribution in [0.2, 0.25) is 0 Å². The van der Waals surface area contributed by atoms with Crippen LogP contribution in [0, 0.1) is 0 Å². The molecule has 6 heteroatoms. The fourth-order valence-corrected chi connectivity index (χ4v) is 2.68. The van der Waals surface area contributed by atoms with Crippen molar-refractivity contribution in [2.45, 2.75) is 12.5 Å². The molecule has 0 saturated carbocycles. The predicted octanol–water partition coefficient (Wildman–Crippen LogP) is -1.83. The molecule has 0 fully saturated rings. The number of aliphatic carboxylic acids is 1. The van der Waals surface area contributed by atoms with E-state index in [2.05, 4.69) is 0 Å². The minimum atomic E-state index is -1.31. The van der Waals surface area contributed by atoms with Gasteiger partial charge in [0, 0.05) is 12.4 Å². The Morgan fingerprint density at radius 3 is 1.87 bits per heavy atom. The molecule has 23 heavy (non-hydrogen) atoms. The Morgan fingerprint density at radius 2 is 1.39 bits per heavy atom. The molecule has 0 N–H and O–H groups in total. The molecule has 5 nitrogen and oxygen atoms in total. The molecule has 0 aromatic heterocycles. The van der Waals surface area contributed by atoms with Crippen LogP contribution in [0.3, 0.4) is 0 Å². The van der Waals surface area contributed by atoms with Gasteiger partial charge < -0.3 is 9.90 Å². The number of carbonyl (C=O) groups is 3. The van der Waals surface area contributed by atoms with Gasteiger partial charge in [0.25, 0.3) is 11.8 Å². The minimum absolute atomic E-state index is 0. The van der Waals surface area contributed by atoms with Crippen molar-refractivity contribution in [1.29, 1.82) is 0 Å². The van der Waals surface area contributed by atoms with Crippen LogP contribution >= 0.6 is 0 Å². The van der Waals surface area contributed by atoms with Crippen LogP contribution in [0.25, 0.3) is 0 Å². The zero-order valence-corrected chi connectivity index (χ0v) is 14.6. The second-order valence-corrected chi connectivity index (χ2v) is 5.03. The van der Waals surface area contributed by atoms with E-state index < -0.39 is 30.2 Å². The monoisotopic (exact) mass is 317 g/mol. The molecule has 1 heterocycles. The topological polar surface area (TPSA) is 77.5 Å². The van der Waals surface area contributed by atoms with E-state index in [4.69, 9.17) is 0 Å². The summed E-state index contributed by atoms with van der Waals surface area (Å²) < 4.78 is 0. The van der Waals surface area contributed by atoms with Gasteiger partial charge in [0.1, 0.15) is 0 Å². The van der Waals surface area contributed by atoms with Crippen LogP contribution in [0.4, 0.5) is 0 Å². The molecule has 0 aliphatic carbocycles. The Hall–Kier alpha value is -1.95. The van der Waals surface area contributed by atoms with Crippen molar-refractivity contribution in [2.24, 2.45) is 0 Å². The first-order valence-corrected chi connectivity index (χ1v) is 6.81. The van der Waals surface area contributed by atoms with E-state index in [1.807, 2.05) is 0 Å². The number of carbonyl (C=O) groups excluding carboxylic acids is 3. The van der Waals surface area contributed by atoms with Crippen molar-refractivity contribution < 1.29 is 49.0 Å². The van der Waals surface area contributed by atoms with Gasteiger partial charge in [-0.15, -0.1) is 0 Å². The maximum Gasteiger partial charge on any atom is 1.00 e. The molecule has 110 valence electrons. The summed E-state index contributed by atoms with van der Waals surface area (Å²) in [4.78, 5) is 37.1. The van der Waals surface area contributed by atoms with Crippen molar-refractivity contribution in [1.82, 2.24) is 4.90 Å². The number of carboxylic acids is 1. The van der Waals surface area contributed by atoms with Gasteiger partial charge in [-0.25, -0.2) is 0 Å². The fourth-order valence-electron chi connectivity index (χ4n) is 2.68. The molecule has 0 radical (unpaired) electrons. The average molecular weight is 317 g/mol. The van der Waals surface area contributed by atoms with Crippen LogP contribution in [0.15, 0.2) is 54.6 Å². The summed E-state index contributed by atoms with van der Waals surface area (Å²) in [5.74, 6) is -2.27. The number of imide groups is 1. The minimum Gasteiger partial charge on any atom is -0.550 e. The molecule has 0 bridgehead atoms. The quantitative estimate of drug-likeness (QED) is 0.491. The number of hydrogen-bond donors (Lipinski definition) is 0. The Kier molecular flexibility index (Phi) is 5.36. The van der Waals surface area contributed by atoms with Gasteiger partial charge in [0.15, 0.2) is 0 Å². The van der Waals surface area contributed by atoms with E-state index in [0.717, 1.165) is 4.90 Å². The molecule has 2 aromatic carbocycles. The number of hydrogen-bond acceptors (Lipinski definition) is 4. The van der Waals surface area contributed by atoms with Crippen molar-refractivity contribution >= 4 is 17.8 Å². The summed E-state index contributed by atoms with van der Waals surface area (Å²) in [5.41, 5.74) is 1.18. The Morgan fingerprint density at radius 1 is 0.913 bits per heavy atom. The third-order valence-corrected chi connectivity index (χ3v) is 3.68. The second-order valence-electron chi connectivity index (χ2n) is 5.03. The van der Waals surface area contributed by atoms with Crippen LogP contribution in [0.5, 0.6) is 0 Å². The molecule has 1 atom stereocenters. The maximum atomic E-state index is 12.5. The smallest absolute Gasteiger partial charge is 0.550 e. The van der Waals surface area contributed by atoms with E-state index in [-0.39, 0.29) is 29.6 Å². The second kappa shape index (κ2) is 7.08. The average Bonchev–Trinajstić information content (AvgIpc) is 2.78. The molecular weight excluding hydrogens is 305 g/mol. The predicted molar refractivity (Wildman–Crippen MR) is 75.7 cm³/mol. The molecule has 1 aliphatic rings. The van der Waals surface area contributed by atoms with Gasteiger partial charge in [0.05, 0.1) is 17.2 Å². The summed E-state index contributed by atoms with van der Waals surface area (Å²) in [5, 5.41) is 11.1. The molecule has 2 aromatic rings. The standard InChI is InChI=1S/C17H13NO4.Na/c19-15(20)10-14(11-6-2-1-3-7-11)18-16(21)12-8-4-5-9-13(12)17(18)22;/h1-9,14H,10H2,(H,19,20);/q;+1/p-1. The normalized spacial score (nSPS) is 14.2. The largest absolute Gasteiger partial charge is 1.00 e. The van der Waals surface area contributed by atoms with Crippen molar-refractivity contribution in [3.8, 4) is 0 Å². The molecular formula is C17H12NNaO4. The van der Waals surface area contributed by atoms with Gasteiger partial charge in [-0.3, -0.25) is 14.5 Å². The zero-order chi connectivity index (χ0) is 15.7. The van der Waals surface area contributed by atoms with Gasteiger partial charge in [-0.05, 0) is 17.7 Å². The molecule has 3 rings (SSSR count). The molecule has 0 spiro atoms. The van der Waals surface area contributed by atoms with Crippen LogP contribution < -0.4 is 34.7 Å². The third kappa shape index (κ3) is 3.22. The number of fused-ring (bicyclic) bond motifs is 1. The van der Waals surface area contributed by atoms with Gasteiger partial charge in [-0.1, -0.05) is 42.5 Å². The molecule has 0 saturated heterocycles. The van der Waals surface area contributed by atoms with E-state index in [9.17, 15) is 19.5 Å². The molecule has 1 unspecified atom stereocenters. The SMILES string of the molecule is O=C([O-])CC(c1ccccc1)N1C(=O)c2ccccc2C1=O.[Na+]. The number of amides is 2. The first kappa shape index (κ1) is 17.4. The van der Waals surface area contributed by atoms with Gasteiger partial charge in [0.2, 0.25) is 0 Å². The van der Waals surface area contributed by atoms with Crippen LogP contribution in [-0.4, -0.2) is 22.7 Å². The molecule has 1 aliphatic heterocycles. The number of nitrogens with zero attached hydrogens (tertiary/aromatic N) is 1. The number of rotatable bonds is 4. The molecule has 2 amide bonds. The van der Waals surface area contributed by atoms with Crippen LogP contribution in [0.1, 0.15) is 38.7 Å². The third-order valence-electron chi connectivity index (χ3n) is 3.68.